The van der Waals surface area contributed by atoms with Crippen LogP contribution in [0.5, 0.6) is 5.75 Å². The summed E-state index contributed by atoms with van der Waals surface area (Å²) in [5.41, 5.74) is 1.16. The number of hydrogen-bond donors (Lipinski definition) is 1. The summed E-state index contributed by atoms with van der Waals surface area (Å²) in [6.45, 7) is 5.08. The van der Waals surface area contributed by atoms with E-state index in [1.807, 2.05) is 12.1 Å². The van der Waals surface area contributed by atoms with Crippen molar-refractivity contribution in [3.05, 3.63) is 59.1 Å². The van der Waals surface area contributed by atoms with Crippen molar-refractivity contribution in [2.75, 3.05) is 52.9 Å². The molecule has 190 valence electrons. The summed E-state index contributed by atoms with van der Waals surface area (Å²) in [4.78, 5) is 16.1. The lowest BCUT2D eigenvalue weighted by Crippen LogP contribution is -2.49. The number of halogens is 1. The molecular weight excluding hydrogens is 488 g/mol. The molecule has 2 fully saturated rings. The van der Waals surface area contributed by atoms with Gasteiger partial charge in [0.1, 0.15) is 12.4 Å². The van der Waals surface area contributed by atoms with Crippen molar-refractivity contribution in [2.24, 2.45) is 0 Å². The first kappa shape index (κ1) is 25.9. The third kappa shape index (κ3) is 7.17. The molecule has 0 bridgehead atoms. The lowest BCUT2D eigenvalue weighted by atomic mass is 10.1. The summed E-state index contributed by atoms with van der Waals surface area (Å²) < 4.78 is 33.2. The molecule has 8 nitrogen and oxygen atoms in total. The topological polar surface area (TPSA) is 82.2 Å². The molecule has 2 aliphatic rings. The molecule has 35 heavy (non-hydrogen) atoms. The van der Waals surface area contributed by atoms with Crippen molar-refractivity contribution in [1.29, 1.82) is 0 Å². The number of sulfonamides is 1. The number of rotatable bonds is 10. The molecule has 1 atom stereocenters. The molecule has 0 saturated carbocycles. The van der Waals surface area contributed by atoms with Crippen LogP contribution in [0.4, 0.5) is 0 Å². The van der Waals surface area contributed by atoms with Crippen molar-refractivity contribution in [3.8, 4) is 5.75 Å². The molecule has 0 unspecified atom stereocenters. The van der Waals surface area contributed by atoms with E-state index < -0.39 is 10.0 Å². The Morgan fingerprint density at radius 1 is 1.11 bits per heavy atom. The van der Waals surface area contributed by atoms with E-state index in [-0.39, 0.29) is 16.8 Å². The fraction of sp³-hybridized carbons (Fsp3) is 0.480. The maximum absolute atomic E-state index is 12.9. The van der Waals surface area contributed by atoms with Crippen LogP contribution >= 0.6 is 11.6 Å². The van der Waals surface area contributed by atoms with Gasteiger partial charge in [0.05, 0.1) is 4.90 Å². The molecule has 0 radical (unpaired) electrons. The van der Waals surface area contributed by atoms with E-state index in [0.717, 1.165) is 37.4 Å². The van der Waals surface area contributed by atoms with Crippen molar-refractivity contribution in [1.82, 2.24) is 19.4 Å². The molecule has 1 N–H and O–H groups in total. The summed E-state index contributed by atoms with van der Waals surface area (Å²) in [6, 6.07) is 14.7. The van der Waals surface area contributed by atoms with E-state index in [1.54, 1.807) is 18.2 Å². The Bertz CT molecular complexity index is 1120. The monoisotopic (exact) mass is 520 g/mol. The van der Waals surface area contributed by atoms with Gasteiger partial charge in [0.2, 0.25) is 15.9 Å². The molecular formula is C25H33ClN4O4S. The number of carbonyl (C=O) groups is 1. The first-order chi connectivity index (χ1) is 16.8. The van der Waals surface area contributed by atoms with Crippen LogP contribution in [0.25, 0.3) is 0 Å². The number of benzene rings is 2. The van der Waals surface area contributed by atoms with E-state index in [1.165, 1.54) is 10.4 Å². The smallest absolute Gasteiger partial charge is 0.243 e. The van der Waals surface area contributed by atoms with E-state index in [9.17, 15) is 13.2 Å². The Labute approximate surface area is 212 Å². The highest BCUT2D eigenvalue weighted by molar-refractivity contribution is 7.89. The highest BCUT2D eigenvalue weighted by Crippen LogP contribution is 2.21. The largest absolute Gasteiger partial charge is 0.492 e. The van der Waals surface area contributed by atoms with Crippen molar-refractivity contribution in [2.45, 2.75) is 30.3 Å². The van der Waals surface area contributed by atoms with Gasteiger partial charge < -0.3 is 15.0 Å². The van der Waals surface area contributed by atoms with Crippen LogP contribution in [0.15, 0.2) is 53.4 Å². The van der Waals surface area contributed by atoms with Crippen LogP contribution in [-0.2, 0) is 21.4 Å². The Morgan fingerprint density at radius 3 is 2.60 bits per heavy atom. The number of amides is 1. The number of nitrogens with one attached hydrogen (secondary N) is 1. The molecule has 1 amide bonds. The van der Waals surface area contributed by atoms with Gasteiger partial charge >= 0.3 is 0 Å². The lowest BCUT2D eigenvalue weighted by molar-refractivity contribution is -0.119. The minimum atomic E-state index is -3.53. The Kier molecular flexibility index (Phi) is 8.67. The SMILES string of the molecule is CN(Cc1cccc(OCCN2CCN(S(=O)(=O)c3cccc(Cl)c3)CC2)c1)C[C@H]1CCC(=O)N1. The first-order valence-corrected chi connectivity index (χ1v) is 13.8. The van der Waals surface area contributed by atoms with Gasteiger partial charge in [-0.25, -0.2) is 8.42 Å². The predicted octanol–water partition coefficient (Wildman–Crippen LogP) is 2.44. The minimum absolute atomic E-state index is 0.142. The zero-order chi connectivity index (χ0) is 24.8. The van der Waals surface area contributed by atoms with Gasteiger partial charge in [-0.15, -0.1) is 0 Å². The fourth-order valence-corrected chi connectivity index (χ4v) is 6.29. The number of likely N-dealkylation sites (N-methyl/N-ethyl adjacent to an activating group) is 1. The van der Waals surface area contributed by atoms with Gasteiger partial charge in [-0.3, -0.25) is 9.69 Å². The Hall–Kier alpha value is -2.17. The molecule has 0 aromatic heterocycles. The minimum Gasteiger partial charge on any atom is -0.492 e. The average Bonchev–Trinajstić information content (AvgIpc) is 3.24. The van der Waals surface area contributed by atoms with E-state index >= 15 is 0 Å². The number of ether oxygens (including phenoxy) is 1. The van der Waals surface area contributed by atoms with Gasteiger partial charge in [-0.2, -0.15) is 4.31 Å². The highest BCUT2D eigenvalue weighted by Gasteiger charge is 2.28. The van der Waals surface area contributed by atoms with Crippen LogP contribution in [0, 0.1) is 0 Å². The lowest BCUT2D eigenvalue weighted by Gasteiger charge is -2.33. The summed E-state index contributed by atoms with van der Waals surface area (Å²) in [5, 5.41) is 3.43. The number of piperazine rings is 1. The van der Waals surface area contributed by atoms with Gasteiger partial charge in [0, 0.05) is 63.3 Å². The van der Waals surface area contributed by atoms with Gasteiger partial charge in [0.25, 0.3) is 0 Å². The van der Waals surface area contributed by atoms with Crippen molar-refractivity contribution < 1.29 is 17.9 Å². The normalized spacial score (nSPS) is 19.7. The summed E-state index contributed by atoms with van der Waals surface area (Å²) in [5.74, 6) is 0.968. The molecule has 0 spiro atoms. The van der Waals surface area contributed by atoms with Crippen LogP contribution < -0.4 is 10.1 Å². The second-order valence-electron chi connectivity index (χ2n) is 9.20. The zero-order valence-corrected chi connectivity index (χ0v) is 21.6. The Balaban J connectivity index is 1.20. The molecule has 0 aliphatic carbocycles. The molecule has 2 heterocycles. The van der Waals surface area contributed by atoms with E-state index in [4.69, 9.17) is 16.3 Å². The second kappa shape index (κ2) is 11.7. The van der Waals surface area contributed by atoms with Gasteiger partial charge in [0.15, 0.2) is 0 Å². The zero-order valence-electron chi connectivity index (χ0n) is 20.0. The maximum Gasteiger partial charge on any atom is 0.243 e. The van der Waals surface area contributed by atoms with Crippen molar-refractivity contribution in [3.63, 3.8) is 0 Å². The second-order valence-corrected chi connectivity index (χ2v) is 11.6. The molecule has 2 aromatic rings. The predicted molar refractivity (Wildman–Crippen MR) is 136 cm³/mol. The van der Waals surface area contributed by atoms with Crippen LogP contribution in [-0.4, -0.2) is 87.4 Å². The molecule has 2 aliphatic heterocycles. The summed E-state index contributed by atoms with van der Waals surface area (Å²) in [6.07, 6.45) is 1.52. The van der Waals surface area contributed by atoms with E-state index in [2.05, 4.69) is 34.3 Å². The molecule has 2 saturated heterocycles. The average molecular weight is 521 g/mol. The Morgan fingerprint density at radius 2 is 1.89 bits per heavy atom. The van der Waals surface area contributed by atoms with Crippen LogP contribution in [0.1, 0.15) is 18.4 Å². The summed E-state index contributed by atoms with van der Waals surface area (Å²) in [7, 11) is -1.47. The standard InChI is InChI=1S/C25H33ClN4O4S/c1-28(19-22-8-9-25(31)27-22)18-20-4-2-6-23(16-20)34-15-14-29-10-12-30(13-11-29)35(32,33)24-7-3-5-21(26)17-24/h2-7,16-17,22H,8-15,18-19H2,1H3,(H,27,31)/t22-/m1/s1. The first-order valence-electron chi connectivity index (χ1n) is 12.0. The highest BCUT2D eigenvalue weighted by atomic mass is 35.5. The van der Waals surface area contributed by atoms with E-state index in [0.29, 0.717) is 44.2 Å². The number of hydrogen-bond acceptors (Lipinski definition) is 6. The van der Waals surface area contributed by atoms with Crippen LogP contribution in [0.3, 0.4) is 0 Å². The molecule has 10 heteroatoms. The number of carbonyl (C=O) groups excluding carboxylic acids is 1. The third-order valence-corrected chi connectivity index (χ3v) is 8.54. The van der Waals surface area contributed by atoms with Gasteiger partial charge in [-0.05, 0) is 49.4 Å². The molecule has 2 aromatic carbocycles. The third-order valence-electron chi connectivity index (χ3n) is 6.41. The summed E-state index contributed by atoms with van der Waals surface area (Å²) >= 11 is 5.97. The number of nitrogens with zero attached hydrogens (tertiary/aromatic N) is 3. The van der Waals surface area contributed by atoms with Crippen molar-refractivity contribution >= 4 is 27.5 Å². The van der Waals surface area contributed by atoms with Crippen LogP contribution in [0.2, 0.25) is 5.02 Å². The van der Waals surface area contributed by atoms with Gasteiger partial charge in [-0.1, -0.05) is 29.8 Å². The quantitative estimate of drug-likeness (QED) is 0.518. The molecule has 4 rings (SSSR count). The maximum atomic E-state index is 12.9. The fourth-order valence-electron chi connectivity index (χ4n) is 4.56.